The number of sulfonamides is 1. The predicted molar refractivity (Wildman–Crippen MR) is 107 cm³/mol. The molecule has 1 aromatic rings. The molecule has 2 aliphatic rings. The number of guanidine groups is 1. The number of dihydropyridines is 1. The fourth-order valence-corrected chi connectivity index (χ4v) is 4.63. The minimum atomic E-state index is -4.46. The molecule has 1 aromatic carbocycles. The summed E-state index contributed by atoms with van der Waals surface area (Å²) < 4.78 is 78.1. The lowest BCUT2D eigenvalue weighted by Crippen LogP contribution is -2.50. The van der Waals surface area contributed by atoms with Crippen molar-refractivity contribution in [2.75, 3.05) is 24.7 Å². The predicted octanol–water partition coefficient (Wildman–Crippen LogP) is 1.76. The van der Waals surface area contributed by atoms with Crippen molar-refractivity contribution in [3.63, 3.8) is 0 Å². The molecule has 1 unspecified atom stereocenters. The van der Waals surface area contributed by atoms with Gasteiger partial charge < -0.3 is 11.1 Å². The first-order valence-corrected chi connectivity index (χ1v) is 10.6. The van der Waals surface area contributed by atoms with Gasteiger partial charge in [-0.15, -0.1) is 0 Å². The van der Waals surface area contributed by atoms with Gasteiger partial charge >= 0.3 is 6.18 Å². The number of hydrogen-bond donors (Lipinski definition) is 2. The Bertz CT molecular complexity index is 1110. The van der Waals surface area contributed by atoms with Crippen LogP contribution >= 0.6 is 0 Å². The van der Waals surface area contributed by atoms with E-state index in [9.17, 15) is 30.8 Å². The Morgan fingerprint density at radius 2 is 2.03 bits per heavy atom. The second-order valence-electron chi connectivity index (χ2n) is 7.35. The van der Waals surface area contributed by atoms with E-state index in [0.29, 0.717) is 0 Å². The summed E-state index contributed by atoms with van der Waals surface area (Å²) in [5.74, 6) is -4.20. The molecule has 0 fully saturated rings. The lowest BCUT2D eigenvalue weighted by molar-refractivity contribution is -0.158. The van der Waals surface area contributed by atoms with Gasteiger partial charge in [0.05, 0.1) is 18.2 Å². The molecule has 3 rings (SSSR count). The molecule has 168 valence electrons. The van der Waals surface area contributed by atoms with E-state index in [-0.39, 0.29) is 22.9 Å². The number of alkyl halides is 3. The van der Waals surface area contributed by atoms with E-state index in [1.807, 2.05) is 0 Å². The minimum Gasteiger partial charge on any atom is -0.369 e. The Morgan fingerprint density at radius 3 is 2.58 bits per heavy atom. The molecular weight excluding hydrogens is 442 g/mol. The van der Waals surface area contributed by atoms with Crippen LogP contribution in [0.25, 0.3) is 0 Å². The van der Waals surface area contributed by atoms with E-state index < -0.39 is 51.7 Å². The van der Waals surface area contributed by atoms with Crippen LogP contribution in [0.15, 0.2) is 40.3 Å². The van der Waals surface area contributed by atoms with Crippen molar-refractivity contribution in [3.8, 4) is 0 Å². The molecule has 3 N–H and O–H groups in total. The first kappa shape index (κ1) is 22.7. The first-order chi connectivity index (χ1) is 14.2. The average Bonchev–Trinajstić information content (AvgIpc) is 2.66. The number of amides is 1. The molecule has 0 spiro atoms. The molecular formula is C18H19F4N5O3S. The van der Waals surface area contributed by atoms with Gasteiger partial charge in [-0.2, -0.15) is 13.2 Å². The number of aliphatic imine (C=N–C) groups is 2. The van der Waals surface area contributed by atoms with Crippen LogP contribution in [0.4, 0.5) is 23.2 Å². The van der Waals surface area contributed by atoms with E-state index in [4.69, 9.17) is 5.73 Å². The molecule has 31 heavy (non-hydrogen) atoms. The summed E-state index contributed by atoms with van der Waals surface area (Å²) in [6.07, 6.45) is -2.64. The van der Waals surface area contributed by atoms with Crippen molar-refractivity contribution in [1.82, 2.24) is 4.31 Å². The second kappa shape index (κ2) is 7.62. The maximum absolute atomic E-state index is 14.5. The third kappa shape index (κ3) is 4.55. The maximum atomic E-state index is 14.5. The maximum Gasteiger partial charge on any atom is 0.396 e. The molecule has 8 nitrogen and oxygen atoms in total. The highest BCUT2D eigenvalue weighted by Gasteiger charge is 2.42. The van der Waals surface area contributed by atoms with E-state index in [1.165, 1.54) is 26.1 Å². The molecule has 2 aliphatic heterocycles. The number of benzene rings is 1. The molecule has 0 saturated heterocycles. The Hall–Kier alpha value is -2.96. The van der Waals surface area contributed by atoms with Crippen molar-refractivity contribution in [2.24, 2.45) is 21.6 Å². The quantitative estimate of drug-likeness (QED) is 0.667. The molecule has 2 heterocycles. The molecule has 13 heteroatoms. The van der Waals surface area contributed by atoms with Gasteiger partial charge in [-0.1, -0.05) is 6.08 Å². The number of rotatable bonds is 3. The van der Waals surface area contributed by atoms with Gasteiger partial charge in [0.15, 0.2) is 0 Å². The topological polar surface area (TPSA) is 117 Å². The van der Waals surface area contributed by atoms with Crippen molar-refractivity contribution >= 4 is 33.3 Å². The first-order valence-electron chi connectivity index (χ1n) is 8.96. The van der Waals surface area contributed by atoms with Crippen LogP contribution in [-0.2, 0) is 20.4 Å². The lowest BCUT2D eigenvalue weighted by Gasteiger charge is -2.34. The number of hydrogen-bond acceptors (Lipinski definition) is 6. The summed E-state index contributed by atoms with van der Waals surface area (Å²) in [6.45, 7) is 0.772. The van der Waals surface area contributed by atoms with Gasteiger partial charge in [0.1, 0.15) is 17.1 Å². The number of halogens is 4. The average molecular weight is 461 g/mol. The molecule has 0 aromatic heterocycles. The van der Waals surface area contributed by atoms with Gasteiger partial charge in [-0.3, -0.25) is 9.79 Å². The highest BCUT2D eigenvalue weighted by molar-refractivity contribution is 7.89. The van der Waals surface area contributed by atoms with E-state index in [0.717, 1.165) is 22.5 Å². The van der Waals surface area contributed by atoms with Crippen LogP contribution in [0.3, 0.4) is 0 Å². The Kier molecular flexibility index (Phi) is 5.59. The van der Waals surface area contributed by atoms with Crippen LogP contribution in [0.2, 0.25) is 0 Å². The van der Waals surface area contributed by atoms with Crippen molar-refractivity contribution < 1.29 is 30.8 Å². The Balaban J connectivity index is 1.85. The Morgan fingerprint density at radius 1 is 1.35 bits per heavy atom. The van der Waals surface area contributed by atoms with Gasteiger partial charge in [-0.05, 0) is 31.2 Å². The van der Waals surface area contributed by atoms with E-state index in [1.54, 1.807) is 0 Å². The van der Waals surface area contributed by atoms with Gasteiger partial charge in [0.25, 0.3) is 5.91 Å². The molecule has 0 saturated carbocycles. The van der Waals surface area contributed by atoms with Crippen LogP contribution < -0.4 is 11.1 Å². The summed E-state index contributed by atoms with van der Waals surface area (Å²) >= 11 is 0. The van der Waals surface area contributed by atoms with Crippen LogP contribution in [-0.4, -0.2) is 55.8 Å². The summed E-state index contributed by atoms with van der Waals surface area (Å²) in [6, 6.07) is 3.45. The summed E-state index contributed by atoms with van der Waals surface area (Å²) in [7, 11) is -2.63. The third-order valence-corrected chi connectivity index (χ3v) is 6.92. The van der Waals surface area contributed by atoms with Crippen molar-refractivity contribution in [1.29, 1.82) is 0 Å². The van der Waals surface area contributed by atoms with Gasteiger partial charge in [0, 0.05) is 18.3 Å². The molecule has 0 aliphatic carbocycles. The van der Waals surface area contributed by atoms with Gasteiger partial charge in [-0.25, -0.2) is 22.1 Å². The monoisotopic (exact) mass is 461 g/mol. The lowest BCUT2D eigenvalue weighted by atomic mass is 9.93. The van der Waals surface area contributed by atoms with Crippen LogP contribution in [0.1, 0.15) is 12.5 Å². The third-order valence-electron chi connectivity index (χ3n) is 4.97. The van der Waals surface area contributed by atoms with Crippen molar-refractivity contribution in [3.05, 3.63) is 41.7 Å². The molecule has 0 radical (unpaired) electrons. The summed E-state index contributed by atoms with van der Waals surface area (Å²) in [5, 5.41) is 2.42. The van der Waals surface area contributed by atoms with E-state index in [2.05, 4.69) is 15.3 Å². The zero-order valence-electron chi connectivity index (χ0n) is 16.4. The summed E-state index contributed by atoms with van der Waals surface area (Å²) in [4.78, 5) is 20.1. The standard InChI is InChI=1S/C18H19F4N5O3S/c1-17(9-31(29,30)27(2)16(23)26-17)12-7-11(4-5-13(12)19)25-15(28)14-6-3-10(8-24-14)18(20,21)22/h3-7,10H,8-9H2,1-2H3,(H2,23,26)(H,25,28)/t10?,17-/m0/s1. The van der Waals surface area contributed by atoms with E-state index >= 15 is 0 Å². The summed E-state index contributed by atoms with van der Waals surface area (Å²) in [5.41, 5.74) is 3.87. The Labute approximate surface area is 175 Å². The largest absolute Gasteiger partial charge is 0.396 e. The molecule has 0 bridgehead atoms. The number of nitrogens with zero attached hydrogens (tertiary/aromatic N) is 3. The fourth-order valence-electron chi connectivity index (χ4n) is 3.18. The SMILES string of the molecule is CN1C(N)=N[C@](C)(c2cc(NC(=O)C3=NCC(C(F)(F)F)C=C3)ccc2F)CS1(=O)=O. The smallest absolute Gasteiger partial charge is 0.369 e. The molecule has 1 amide bonds. The fraction of sp³-hybridized carbons (Fsp3) is 0.389. The van der Waals surface area contributed by atoms with Crippen LogP contribution in [0, 0.1) is 11.7 Å². The number of nitrogens with one attached hydrogen (secondary N) is 1. The zero-order valence-corrected chi connectivity index (χ0v) is 17.3. The number of anilines is 1. The second-order valence-corrected chi connectivity index (χ2v) is 9.35. The molecule has 2 atom stereocenters. The normalized spacial score (nSPS) is 25.6. The highest BCUT2D eigenvalue weighted by Crippen LogP contribution is 2.35. The number of carbonyl (C=O) groups is 1. The van der Waals surface area contributed by atoms with Gasteiger partial charge in [0.2, 0.25) is 16.0 Å². The zero-order chi connectivity index (χ0) is 23.2. The minimum absolute atomic E-state index is 0.0850. The highest BCUT2D eigenvalue weighted by atomic mass is 32.2. The van der Waals surface area contributed by atoms with Crippen molar-refractivity contribution in [2.45, 2.75) is 18.6 Å². The van der Waals surface area contributed by atoms with Crippen LogP contribution in [0.5, 0.6) is 0 Å². The number of nitrogens with two attached hydrogens (primary N) is 1. The number of carbonyl (C=O) groups excluding carboxylic acids is 1.